The van der Waals surface area contributed by atoms with E-state index in [2.05, 4.69) is 0 Å². The number of hydrogen-bond acceptors (Lipinski definition) is 6. The van der Waals surface area contributed by atoms with Crippen molar-refractivity contribution in [3.8, 4) is 5.75 Å². The van der Waals surface area contributed by atoms with Gasteiger partial charge in [-0.15, -0.1) is 11.8 Å². The van der Waals surface area contributed by atoms with E-state index in [1.807, 2.05) is 36.4 Å². The number of allylic oxidation sites excluding steroid dienone is 4. The zero-order valence-electron chi connectivity index (χ0n) is 14.3. The Balaban J connectivity index is 1.81. The summed E-state index contributed by atoms with van der Waals surface area (Å²) in [6, 6.07) is 10.6. The van der Waals surface area contributed by atoms with E-state index in [-0.39, 0.29) is 16.4 Å². The molecule has 7 heteroatoms. The van der Waals surface area contributed by atoms with Crippen molar-refractivity contribution in [1.29, 1.82) is 0 Å². The van der Waals surface area contributed by atoms with Crippen LogP contribution in [-0.2, 0) is 15.3 Å². The first-order valence-corrected chi connectivity index (χ1v) is 9.32. The van der Waals surface area contributed by atoms with E-state index in [1.54, 1.807) is 12.2 Å². The molecule has 1 aliphatic rings. The Bertz CT molecular complexity index is 929. The fourth-order valence-electron chi connectivity index (χ4n) is 2.54. The number of carboxylic acid groups (broad SMARTS) is 1. The second-order valence-corrected chi connectivity index (χ2v) is 6.85. The molecule has 0 aliphatic heterocycles. The molecule has 0 spiro atoms. The second kappa shape index (κ2) is 8.64. The van der Waals surface area contributed by atoms with Crippen LogP contribution in [-0.4, -0.2) is 16.2 Å². The summed E-state index contributed by atoms with van der Waals surface area (Å²) in [6.07, 6.45) is 5.17. The second-order valence-electron chi connectivity index (χ2n) is 5.86. The molecule has 140 valence electrons. The molecule has 1 atom stereocenters. The van der Waals surface area contributed by atoms with Crippen LogP contribution in [0.1, 0.15) is 30.3 Å². The first kappa shape index (κ1) is 18.8. The highest BCUT2D eigenvalue weighted by atomic mass is 32.2. The fourth-order valence-corrected chi connectivity index (χ4v) is 3.41. The van der Waals surface area contributed by atoms with Crippen LogP contribution in [0.5, 0.6) is 5.75 Å². The first-order chi connectivity index (χ1) is 13.0. The molecule has 1 aromatic carbocycles. The van der Waals surface area contributed by atoms with Crippen LogP contribution in [0.4, 0.5) is 0 Å². The fraction of sp³-hybridized carbons (Fsp3) is 0.200. The maximum absolute atomic E-state index is 12.3. The van der Waals surface area contributed by atoms with E-state index >= 15 is 0 Å². The monoisotopic (exact) mass is 386 g/mol. The third kappa shape index (κ3) is 4.83. The van der Waals surface area contributed by atoms with Gasteiger partial charge in [0.2, 0.25) is 0 Å². The summed E-state index contributed by atoms with van der Waals surface area (Å²) in [4.78, 5) is 23.9. The molecule has 0 radical (unpaired) electrons. The molecule has 1 unspecified atom stereocenters. The molecule has 3 rings (SSSR count). The van der Waals surface area contributed by atoms with Crippen LogP contribution in [0.15, 0.2) is 74.5 Å². The minimum absolute atomic E-state index is 0.0338. The van der Waals surface area contributed by atoms with E-state index in [0.29, 0.717) is 17.9 Å². The van der Waals surface area contributed by atoms with Crippen LogP contribution in [0, 0.1) is 0 Å². The van der Waals surface area contributed by atoms with Gasteiger partial charge in [0.25, 0.3) is 6.10 Å². The zero-order chi connectivity index (χ0) is 19.2. The number of aromatic hydroxyl groups is 1. The third-order valence-electron chi connectivity index (χ3n) is 3.86. The summed E-state index contributed by atoms with van der Waals surface area (Å²) in [6.45, 7) is 0. The van der Waals surface area contributed by atoms with E-state index < -0.39 is 17.7 Å². The Hall–Kier alpha value is -2.93. The molecule has 27 heavy (non-hydrogen) atoms. The van der Waals surface area contributed by atoms with Crippen molar-refractivity contribution in [3.63, 3.8) is 0 Å². The Morgan fingerprint density at radius 2 is 2.07 bits per heavy atom. The van der Waals surface area contributed by atoms with Crippen molar-refractivity contribution in [2.75, 3.05) is 0 Å². The molecule has 6 nitrogen and oxygen atoms in total. The standard InChI is InChI=1S/C20H18O6S/c21-15-11-16(17(19(22)23)25-14-9-5-2-6-10-14)26-20(24)18(15)27-12-13-7-3-1-4-8-13/h1-5,7-9,11,17,21H,6,10,12H2,(H,22,23). The van der Waals surface area contributed by atoms with Crippen molar-refractivity contribution in [3.05, 3.63) is 82.1 Å². The first-order valence-electron chi connectivity index (χ1n) is 8.33. The Morgan fingerprint density at radius 1 is 1.30 bits per heavy atom. The Labute approximate surface area is 159 Å². The van der Waals surface area contributed by atoms with Crippen LogP contribution < -0.4 is 5.63 Å². The summed E-state index contributed by atoms with van der Waals surface area (Å²) in [7, 11) is 0. The van der Waals surface area contributed by atoms with Gasteiger partial charge < -0.3 is 19.4 Å². The average Bonchev–Trinajstić information content (AvgIpc) is 2.66. The SMILES string of the molecule is O=C(O)C(OC1=CC=CCC1)c1cc(O)c(SCc2ccccc2)c(=O)o1. The van der Waals surface area contributed by atoms with Crippen LogP contribution in [0.3, 0.4) is 0 Å². The lowest BCUT2D eigenvalue weighted by molar-refractivity contribution is -0.149. The Morgan fingerprint density at radius 3 is 2.70 bits per heavy atom. The predicted molar refractivity (Wildman–Crippen MR) is 101 cm³/mol. The van der Waals surface area contributed by atoms with E-state index in [0.717, 1.165) is 29.8 Å². The maximum Gasteiger partial charge on any atom is 0.353 e. The molecule has 1 aromatic heterocycles. The molecule has 1 heterocycles. The Kier molecular flexibility index (Phi) is 6.03. The number of benzene rings is 1. The van der Waals surface area contributed by atoms with Gasteiger partial charge in [0.1, 0.15) is 10.6 Å². The van der Waals surface area contributed by atoms with Gasteiger partial charge in [-0.05, 0) is 18.1 Å². The summed E-state index contributed by atoms with van der Waals surface area (Å²) in [5.74, 6) is -0.928. The molecular formula is C20H18O6S. The molecule has 2 aromatic rings. The van der Waals surface area contributed by atoms with E-state index in [4.69, 9.17) is 9.15 Å². The van der Waals surface area contributed by atoms with Crippen molar-refractivity contribution in [2.45, 2.75) is 29.6 Å². The number of thioether (sulfide) groups is 1. The van der Waals surface area contributed by atoms with Gasteiger partial charge in [0.15, 0.2) is 5.76 Å². The minimum atomic E-state index is -1.51. The van der Waals surface area contributed by atoms with Gasteiger partial charge in [-0.2, -0.15) is 0 Å². The lowest BCUT2D eigenvalue weighted by Crippen LogP contribution is -2.18. The molecule has 1 aliphatic carbocycles. The lowest BCUT2D eigenvalue weighted by atomic mass is 10.1. The van der Waals surface area contributed by atoms with Gasteiger partial charge in [-0.25, -0.2) is 9.59 Å². The van der Waals surface area contributed by atoms with E-state index in [9.17, 15) is 19.8 Å². The number of ether oxygens (including phenoxy) is 1. The van der Waals surface area contributed by atoms with Gasteiger partial charge in [0, 0.05) is 18.2 Å². The number of hydrogen-bond donors (Lipinski definition) is 2. The van der Waals surface area contributed by atoms with Crippen LogP contribution in [0.2, 0.25) is 0 Å². The topological polar surface area (TPSA) is 97.0 Å². The number of carboxylic acids is 1. The number of carbonyl (C=O) groups is 1. The van der Waals surface area contributed by atoms with Crippen LogP contribution in [0.25, 0.3) is 0 Å². The summed E-state index contributed by atoms with van der Waals surface area (Å²) < 4.78 is 10.6. The summed E-state index contributed by atoms with van der Waals surface area (Å²) >= 11 is 1.13. The van der Waals surface area contributed by atoms with E-state index in [1.165, 1.54) is 0 Å². The third-order valence-corrected chi connectivity index (χ3v) is 5.00. The highest BCUT2D eigenvalue weighted by Crippen LogP contribution is 2.32. The number of aliphatic carboxylic acids is 1. The maximum atomic E-state index is 12.3. The lowest BCUT2D eigenvalue weighted by Gasteiger charge is -2.18. The number of rotatable bonds is 7. The quantitative estimate of drug-likeness (QED) is 0.694. The van der Waals surface area contributed by atoms with Crippen molar-refractivity contribution in [1.82, 2.24) is 0 Å². The van der Waals surface area contributed by atoms with Gasteiger partial charge >= 0.3 is 11.6 Å². The average molecular weight is 386 g/mol. The largest absolute Gasteiger partial charge is 0.506 e. The van der Waals surface area contributed by atoms with Crippen molar-refractivity contribution < 1.29 is 24.2 Å². The summed E-state index contributed by atoms with van der Waals surface area (Å²) in [5.41, 5.74) is 0.188. The molecule has 0 amide bonds. The minimum Gasteiger partial charge on any atom is -0.506 e. The molecule has 0 saturated carbocycles. The summed E-state index contributed by atoms with van der Waals surface area (Å²) in [5, 5.41) is 19.7. The predicted octanol–water partition coefficient (Wildman–Crippen LogP) is 4.01. The zero-order valence-corrected chi connectivity index (χ0v) is 15.1. The van der Waals surface area contributed by atoms with Gasteiger partial charge in [0.05, 0.1) is 5.76 Å². The smallest absolute Gasteiger partial charge is 0.353 e. The van der Waals surface area contributed by atoms with Gasteiger partial charge in [-0.3, -0.25) is 0 Å². The molecular weight excluding hydrogens is 368 g/mol. The van der Waals surface area contributed by atoms with Crippen LogP contribution >= 0.6 is 11.8 Å². The van der Waals surface area contributed by atoms with Crippen molar-refractivity contribution in [2.24, 2.45) is 0 Å². The molecule has 0 fully saturated rings. The molecule has 0 saturated heterocycles. The highest BCUT2D eigenvalue weighted by molar-refractivity contribution is 7.98. The highest BCUT2D eigenvalue weighted by Gasteiger charge is 2.28. The molecule has 2 N–H and O–H groups in total. The normalized spacial score (nSPS) is 14.4. The van der Waals surface area contributed by atoms with Crippen molar-refractivity contribution >= 4 is 17.7 Å². The van der Waals surface area contributed by atoms with Gasteiger partial charge in [-0.1, -0.05) is 42.5 Å². The molecule has 0 bridgehead atoms.